The molecule has 1 fully saturated rings. The van der Waals surface area contributed by atoms with Crippen molar-refractivity contribution in [3.05, 3.63) is 0 Å². The summed E-state index contributed by atoms with van der Waals surface area (Å²) in [6.07, 6.45) is 4.65. The molecule has 0 aromatic heterocycles. The number of nitrogens with one attached hydrogen (secondary N) is 1. The Morgan fingerprint density at radius 1 is 1.35 bits per heavy atom. The van der Waals surface area contributed by atoms with Gasteiger partial charge in [0.25, 0.3) is 0 Å². The van der Waals surface area contributed by atoms with Crippen molar-refractivity contribution in [2.24, 2.45) is 5.41 Å². The first-order chi connectivity index (χ1) is 8.18. The Labute approximate surface area is 102 Å². The highest BCUT2D eigenvalue weighted by molar-refractivity contribution is 5.64. The molecule has 0 bridgehead atoms. The Bertz CT molecular complexity index is 227. The van der Waals surface area contributed by atoms with E-state index in [0.717, 1.165) is 25.9 Å². The fourth-order valence-electron chi connectivity index (χ4n) is 2.46. The average Bonchev–Trinajstić information content (AvgIpc) is 2.73. The van der Waals surface area contributed by atoms with Crippen molar-refractivity contribution in [3.63, 3.8) is 0 Å². The lowest BCUT2D eigenvalue weighted by molar-refractivity contribution is 0.0138. The van der Waals surface area contributed by atoms with Crippen molar-refractivity contribution in [1.82, 2.24) is 5.32 Å². The van der Waals surface area contributed by atoms with E-state index in [1.54, 1.807) is 7.11 Å². The normalized spacial score (nSPS) is 18.2. The Kier molecular flexibility index (Phi) is 6.29. The zero-order chi connectivity index (χ0) is 12.6. The van der Waals surface area contributed by atoms with Gasteiger partial charge in [0.2, 0.25) is 0 Å². The summed E-state index contributed by atoms with van der Waals surface area (Å²) in [6.45, 7) is 2.47. The number of hydrogen-bond acceptors (Lipinski definition) is 3. The third kappa shape index (κ3) is 5.37. The second-order valence-electron chi connectivity index (χ2n) is 4.73. The van der Waals surface area contributed by atoms with Gasteiger partial charge in [-0.1, -0.05) is 12.8 Å². The predicted molar refractivity (Wildman–Crippen MR) is 64.2 cm³/mol. The van der Waals surface area contributed by atoms with Gasteiger partial charge in [0.05, 0.1) is 19.8 Å². The molecule has 100 valence electrons. The minimum atomic E-state index is -0.946. The summed E-state index contributed by atoms with van der Waals surface area (Å²) in [6, 6.07) is 0. The number of amides is 1. The van der Waals surface area contributed by atoms with E-state index in [4.69, 9.17) is 14.6 Å². The highest BCUT2D eigenvalue weighted by Gasteiger charge is 2.33. The molecule has 0 atom stereocenters. The summed E-state index contributed by atoms with van der Waals surface area (Å²) < 4.78 is 10.6. The van der Waals surface area contributed by atoms with Crippen LogP contribution in [-0.2, 0) is 9.47 Å². The molecule has 0 radical (unpaired) electrons. The number of methoxy groups -OCH3 is 1. The van der Waals surface area contributed by atoms with Gasteiger partial charge in [-0.15, -0.1) is 0 Å². The van der Waals surface area contributed by atoms with Crippen molar-refractivity contribution in [1.29, 1.82) is 0 Å². The molecule has 1 saturated carbocycles. The second kappa shape index (κ2) is 7.50. The molecule has 17 heavy (non-hydrogen) atoms. The van der Waals surface area contributed by atoms with E-state index >= 15 is 0 Å². The monoisotopic (exact) mass is 245 g/mol. The summed E-state index contributed by atoms with van der Waals surface area (Å²) in [5.41, 5.74) is 0.177. The zero-order valence-corrected chi connectivity index (χ0v) is 10.5. The Hall–Kier alpha value is -0.810. The van der Waals surface area contributed by atoms with Gasteiger partial charge < -0.3 is 19.9 Å². The highest BCUT2D eigenvalue weighted by Crippen LogP contribution is 2.41. The molecule has 5 heteroatoms. The van der Waals surface area contributed by atoms with Crippen LogP contribution in [0.1, 0.15) is 32.1 Å². The number of ether oxygens (including phenoxy) is 2. The SMILES string of the molecule is COCCOCC1(CCNC(=O)O)CCCC1. The van der Waals surface area contributed by atoms with Gasteiger partial charge in [-0.3, -0.25) is 0 Å². The topological polar surface area (TPSA) is 67.8 Å². The molecule has 0 aliphatic heterocycles. The lowest BCUT2D eigenvalue weighted by Crippen LogP contribution is -2.31. The maximum absolute atomic E-state index is 10.4. The van der Waals surface area contributed by atoms with E-state index in [-0.39, 0.29) is 5.41 Å². The largest absolute Gasteiger partial charge is 0.465 e. The van der Waals surface area contributed by atoms with Gasteiger partial charge in [0.15, 0.2) is 0 Å². The molecule has 1 amide bonds. The molecular formula is C12H23NO4. The Morgan fingerprint density at radius 2 is 2.06 bits per heavy atom. The molecule has 2 N–H and O–H groups in total. The van der Waals surface area contributed by atoms with Crippen LogP contribution in [0.25, 0.3) is 0 Å². The number of hydrogen-bond donors (Lipinski definition) is 2. The molecule has 0 saturated heterocycles. The highest BCUT2D eigenvalue weighted by atomic mass is 16.5. The van der Waals surface area contributed by atoms with Gasteiger partial charge in [0, 0.05) is 13.7 Å². The van der Waals surface area contributed by atoms with Crippen molar-refractivity contribution in [2.45, 2.75) is 32.1 Å². The smallest absolute Gasteiger partial charge is 0.404 e. The summed E-state index contributed by atoms with van der Waals surface area (Å²) in [7, 11) is 1.66. The quantitative estimate of drug-likeness (QED) is 0.641. The minimum absolute atomic E-state index is 0.177. The van der Waals surface area contributed by atoms with Gasteiger partial charge in [0.1, 0.15) is 0 Å². The van der Waals surface area contributed by atoms with E-state index in [1.165, 1.54) is 12.8 Å². The average molecular weight is 245 g/mol. The zero-order valence-electron chi connectivity index (χ0n) is 10.5. The lowest BCUT2D eigenvalue weighted by atomic mass is 9.83. The molecule has 1 rings (SSSR count). The van der Waals surface area contributed by atoms with Crippen LogP contribution in [0.4, 0.5) is 4.79 Å². The van der Waals surface area contributed by atoms with Crippen molar-refractivity contribution >= 4 is 6.09 Å². The molecule has 0 spiro atoms. The van der Waals surface area contributed by atoms with Crippen LogP contribution >= 0.6 is 0 Å². The number of carboxylic acid groups (broad SMARTS) is 1. The molecule has 5 nitrogen and oxygen atoms in total. The number of carbonyl (C=O) groups is 1. The van der Waals surface area contributed by atoms with Crippen LogP contribution in [0, 0.1) is 5.41 Å². The summed E-state index contributed by atoms with van der Waals surface area (Å²) >= 11 is 0. The molecule has 0 heterocycles. The first kappa shape index (κ1) is 14.3. The van der Waals surface area contributed by atoms with Crippen LogP contribution in [0.3, 0.4) is 0 Å². The van der Waals surface area contributed by atoms with Crippen molar-refractivity contribution < 1.29 is 19.4 Å². The van der Waals surface area contributed by atoms with Gasteiger partial charge >= 0.3 is 6.09 Å². The third-order valence-corrected chi connectivity index (χ3v) is 3.44. The van der Waals surface area contributed by atoms with E-state index in [0.29, 0.717) is 19.8 Å². The maximum Gasteiger partial charge on any atom is 0.404 e. The van der Waals surface area contributed by atoms with Crippen molar-refractivity contribution in [3.8, 4) is 0 Å². The summed E-state index contributed by atoms with van der Waals surface area (Å²) in [5, 5.41) is 11.0. The van der Waals surface area contributed by atoms with Crippen LogP contribution in [0.15, 0.2) is 0 Å². The van der Waals surface area contributed by atoms with Gasteiger partial charge in [-0.25, -0.2) is 4.79 Å². The fourth-order valence-corrected chi connectivity index (χ4v) is 2.46. The van der Waals surface area contributed by atoms with Crippen LogP contribution in [-0.4, -0.2) is 44.7 Å². The first-order valence-corrected chi connectivity index (χ1v) is 6.22. The predicted octanol–water partition coefficient (Wildman–Crippen LogP) is 1.87. The molecule has 0 aromatic rings. The van der Waals surface area contributed by atoms with Gasteiger partial charge in [-0.2, -0.15) is 0 Å². The summed E-state index contributed by atoms with van der Waals surface area (Å²) in [5.74, 6) is 0. The van der Waals surface area contributed by atoms with Crippen LogP contribution in [0.2, 0.25) is 0 Å². The van der Waals surface area contributed by atoms with Crippen molar-refractivity contribution in [2.75, 3.05) is 33.5 Å². The first-order valence-electron chi connectivity index (χ1n) is 6.22. The fraction of sp³-hybridized carbons (Fsp3) is 0.917. The molecule has 1 aliphatic rings. The van der Waals surface area contributed by atoms with E-state index < -0.39 is 6.09 Å². The van der Waals surface area contributed by atoms with E-state index in [2.05, 4.69) is 5.32 Å². The molecule has 0 unspecified atom stereocenters. The number of rotatable bonds is 8. The molecule has 1 aliphatic carbocycles. The Morgan fingerprint density at radius 3 is 2.65 bits per heavy atom. The third-order valence-electron chi connectivity index (χ3n) is 3.44. The Balaban J connectivity index is 2.26. The summed E-state index contributed by atoms with van der Waals surface area (Å²) in [4.78, 5) is 10.4. The second-order valence-corrected chi connectivity index (χ2v) is 4.73. The maximum atomic E-state index is 10.4. The van der Waals surface area contributed by atoms with E-state index in [9.17, 15) is 4.79 Å². The molecule has 0 aromatic carbocycles. The van der Waals surface area contributed by atoms with Crippen LogP contribution in [0.5, 0.6) is 0 Å². The molecular weight excluding hydrogens is 222 g/mol. The van der Waals surface area contributed by atoms with Gasteiger partial charge in [-0.05, 0) is 24.7 Å². The van der Waals surface area contributed by atoms with E-state index in [1.807, 2.05) is 0 Å². The minimum Gasteiger partial charge on any atom is -0.465 e. The van der Waals surface area contributed by atoms with Crippen LogP contribution < -0.4 is 5.32 Å². The standard InChI is InChI=1S/C12H23NO4/c1-16-8-9-17-10-12(4-2-3-5-12)6-7-13-11(14)15/h13H,2-10H2,1H3,(H,14,15). The lowest BCUT2D eigenvalue weighted by Gasteiger charge is -2.28.